The summed E-state index contributed by atoms with van der Waals surface area (Å²) in [5.74, 6) is 0.799. The quantitative estimate of drug-likeness (QED) is 0.669. The molecule has 0 aliphatic rings. The van der Waals surface area contributed by atoms with Crippen LogP contribution < -0.4 is 4.74 Å². The standard InChI is InChI=1S/C14H18O/c1-6-11-10-12(14(3,4)5)8-9-13(11)15-7-2/h6-10H,1-2H2,3-5H3. The van der Waals surface area contributed by atoms with E-state index in [-0.39, 0.29) is 5.41 Å². The summed E-state index contributed by atoms with van der Waals surface area (Å²) in [6.07, 6.45) is 3.23. The van der Waals surface area contributed by atoms with Gasteiger partial charge in [-0.3, -0.25) is 0 Å². The van der Waals surface area contributed by atoms with E-state index in [0.29, 0.717) is 0 Å². The van der Waals surface area contributed by atoms with Gasteiger partial charge in [0.25, 0.3) is 0 Å². The van der Waals surface area contributed by atoms with E-state index >= 15 is 0 Å². The van der Waals surface area contributed by atoms with Crippen LogP contribution in [0.1, 0.15) is 31.9 Å². The number of benzene rings is 1. The summed E-state index contributed by atoms with van der Waals surface area (Å²) < 4.78 is 5.29. The zero-order valence-corrected chi connectivity index (χ0v) is 9.71. The Morgan fingerprint density at radius 1 is 1.20 bits per heavy atom. The average Bonchev–Trinajstić information content (AvgIpc) is 2.17. The zero-order valence-electron chi connectivity index (χ0n) is 9.71. The molecule has 0 aromatic heterocycles. The summed E-state index contributed by atoms with van der Waals surface area (Å²) in [7, 11) is 0. The molecule has 0 aliphatic heterocycles. The van der Waals surface area contributed by atoms with Crippen LogP contribution in [0.4, 0.5) is 0 Å². The van der Waals surface area contributed by atoms with E-state index in [0.717, 1.165) is 11.3 Å². The zero-order chi connectivity index (χ0) is 11.5. The van der Waals surface area contributed by atoms with Crippen molar-refractivity contribution < 1.29 is 4.74 Å². The second kappa shape index (κ2) is 4.35. The normalized spacial score (nSPS) is 10.9. The fourth-order valence-electron chi connectivity index (χ4n) is 1.37. The topological polar surface area (TPSA) is 9.23 Å². The molecule has 0 heterocycles. The molecular formula is C14H18O. The van der Waals surface area contributed by atoms with Crippen LogP contribution in [0.3, 0.4) is 0 Å². The van der Waals surface area contributed by atoms with Gasteiger partial charge < -0.3 is 4.74 Å². The molecule has 0 spiro atoms. The first-order valence-corrected chi connectivity index (χ1v) is 5.03. The van der Waals surface area contributed by atoms with E-state index in [2.05, 4.69) is 46.1 Å². The van der Waals surface area contributed by atoms with Crippen molar-refractivity contribution in [3.63, 3.8) is 0 Å². The number of ether oxygens (including phenoxy) is 1. The van der Waals surface area contributed by atoms with Gasteiger partial charge in [-0.2, -0.15) is 0 Å². The number of hydrogen-bond donors (Lipinski definition) is 0. The van der Waals surface area contributed by atoms with Crippen LogP contribution in [0.2, 0.25) is 0 Å². The maximum atomic E-state index is 5.29. The molecule has 1 aromatic rings. The van der Waals surface area contributed by atoms with Gasteiger partial charge in [0.1, 0.15) is 5.75 Å². The van der Waals surface area contributed by atoms with Crippen LogP contribution in [-0.4, -0.2) is 0 Å². The van der Waals surface area contributed by atoms with Crippen molar-refractivity contribution in [2.45, 2.75) is 26.2 Å². The van der Waals surface area contributed by atoms with E-state index in [1.807, 2.05) is 6.07 Å². The average molecular weight is 202 g/mol. The van der Waals surface area contributed by atoms with Gasteiger partial charge in [-0.1, -0.05) is 46.1 Å². The Morgan fingerprint density at radius 3 is 2.33 bits per heavy atom. The minimum absolute atomic E-state index is 0.143. The fourth-order valence-corrected chi connectivity index (χ4v) is 1.37. The van der Waals surface area contributed by atoms with Crippen molar-refractivity contribution in [3.8, 4) is 5.75 Å². The molecular weight excluding hydrogens is 184 g/mol. The van der Waals surface area contributed by atoms with E-state index in [1.165, 1.54) is 11.8 Å². The predicted octanol–water partition coefficient (Wildman–Crippen LogP) is 4.15. The Balaban J connectivity index is 3.18. The van der Waals surface area contributed by atoms with Crippen LogP contribution in [0.15, 0.2) is 37.6 Å². The van der Waals surface area contributed by atoms with Gasteiger partial charge in [-0.25, -0.2) is 0 Å². The Kier molecular flexibility index (Phi) is 3.35. The van der Waals surface area contributed by atoms with Gasteiger partial charge >= 0.3 is 0 Å². The van der Waals surface area contributed by atoms with Crippen LogP contribution in [0, 0.1) is 0 Å². The van der Waals surface area contributed by atoms with Gasteiger partial charge in [-0.05, 0) is 23.1 Å². The summed E-state index contributed by atoms with van der Waals surface area (Å²) in [6, 6.07) is 6.14. The first-order valence-electron chi connectivity index (χ1n) is 5.03. The molecule has 1 rings (SSSR count). The molecule has 0 aliphatic carbocycles. The SMILES string of the molecule is C=COc1ccc(C(C)(C)C)cc1C=C. The van der Waals surface area contributed by atoms with E-state index in [9.17, 15) is 0 Å². The molecule has 1 aromatic carbocycles. The lowest BCUT2D eigenvalue weighted by molar-refractivity contribution is 0.481. The smallest absolute Gasteiger partial charge is 0.133 e. The van der Waals surface area contributed by atoms with Crippen molar-refractivity contribution in [1.29, 1.82) is 0 Å². The molecule has 0 saturated carbocycles. The van der Waals surface area contributed by atoms with Crippen molar-refractivity contribution >= 4 is 6.08 Å². The molecule has 0 N–H and O–H groups in total. The molecule has 0 amide bonds. The minimum atomic E-state index is 0.143. The highest BCUT2D eigenvalue weighted by Crippen LogP contribution is 2.28. The van der Waals surface area contributed by atoms with Gasteiger partial charge in [-0.15, -0.1) is 0 Å². The van der Waals surface area contributed by atoms with E-state index in [4.69, 9.17) is 4.74 Å². The molecule has 80 valence electrons. The summed E-state index contributed by atoms with van der Waals surface area (Å²) in [5, 5.41) is 0. The van der Waals surface area contributed by atoms with Crippen molar-refractivity contribution in [1.82, 2.24) is 0 Å². The summed E-state index contributed by atoms with van der Waals surface area (Å²) >= 11 is 0. The molecule has 0 saturated heterocycles. The van der Waals surface area contributed by atoms with Crippen LogP contribution in [0.5, 0.6) is 5.75 Å². The van der Waals surface area contributed by atoms with E-state index in [1.54, 1.807) is 6.08 Å². The Labute approximate surface area is 92.1 Å². The summed E-state index contributed by atoms with van der Waals surface area (Å²) in [4.78, 5) is 0. The van der Waals surface area contributed by atoms with Crippen LogP contribution in [-0.2, 0) is 5.41 Å². The molecule has 1 heteroatoms. The largest absolute Gasteiger partial charge is 0.465 e. The second-order valence-corrected chi connectivity index (χ2v) is 4.49. The number of rotatable bonds is 3. The molecule has 15 heavy (non-hydrogen) atoms. The Morgan fingerprint density at radius 2 is 1.87 bits per heavy atom. The summed E-state index contributed by atoms with van der Waals surface area (Å²) in [6.45, 7) is 13.9. The van der Waals surface area contributed by atoms with Gasteiger partial charge in [0.05, 0.1) is 6.26 Å². The fraction of sp³-hybridized carbons (Fsp3) is 0.286. The van der Waals surface area contributed by atoms with Crippen molar-refractivity contribution in [3.05, 3.63) is 48.7 Å². The highest BCUT2D eigenvalue weighted by atomic mass is 16.5. The third kappa shape index (κ3) is 2.72. The molecule has 0 atom stereocenters. The first-order chi connectivity index (χ1) is 6.99. The van der Waals surface area contributed by atoms with Gasteiger partial charge in [0.15, 0.2) is 0 Å². The molecule has 0 bridgehead atoms. The lowest BCUT2D eigenvalue weighted by Crippen LogP contribution is -2.11. The lowest BCUT2D eigenvalue weighted by atomic mass is 9.86. The van der Waals surface area contributed by atoms with Gasteiger partial charge in [0, 0.05) is 5.56 Å². The first kappa shape index (κ1) is 11.6. The minimum Gasteiger partial charge on any atom is -0.465 e. The molecule has 0 fully saturated rings. The highest BCUT2D eigenvalue weighted by molar-refractivity contribution is 5.57. The maximum Gasteiger partial charge on any atom is 0.133 e. The third-order valence-corrected chi connectivity index (χ3v) is 2.31. The maximum absolute atomic E-state index is 5.29. The molecule has 0 unspecified atom stereocenters. The third-order valence-electron chi connectivity index (χ3n) is 2.31. The van der Waals surface area contributed by atoms with Crippen LogP contribution >= 0.6 is 0 Å². The lowest BCUT2D eigenvalue weighted by Gasteiger charge is -2.20. The number of hydrogen-bond acceptors (Lipinski definition) is 1. The monoisotopic (exact) mass is 202 g/mol. The Hall–Kier alpha value is -1.50. The van der Waals surface area contributed by atoms with Crippen molar-refractivity contribution in [2.24, 2.45) is 0 Å². The Bertz CT molecular complexity index is 369. The van der Waals surface area contributed by atoms with Gasteiger partial charge in [0.2, 0.25) is 0 Å². The highest BCUT2D eigenvalue weighted by Gasteiger charge is 2.14. The molecule has 0 radical (unpaired) electrons. The second-order valence-electron chi connectivity index (χ2n) is 4.49. The van der Waals surface area contributed by atoms with E-state index < -0.39 is 0 Å². The molecule has 1 nitrogen and oxygen atoms in total. The van der Waals surface area contributed by atoms with Crippen LogP contribution in [0.25, 0.3) is 6.08 Å². The van der Waals surface area contributed by atoms with Crippen molar-refractivity contribution in [2.75, 3.05) is 0 Å². The summed E-state index contributed by atoms with van der Waals surface area (Å²) in [5.41, 5.74) is 2.42. The predicted molar refractivity (Wildman–Crippen MR) is 66.1 cm³/mol.